The van der Waals surface area contributed by atoms with Crippen LogP contribution in [-0.2, 0) is 0 Å². The van der Waals surface area contributed by atoms with Crippen LogP contribution in [0.15, 0.2) is 79.0 Å². The van der Waals surface area contributed by atoms with Gasteiger partial charge in [0.1, 0.15) is 0 Å². The minimum absolute atomic E-state index is 0.0452. The lowest BCUT2D eigenvalue weighted by atomic mass is 10.0. The first-order valence-corrected chi connectivity index (χ1v) is 9.62. The molecule has 1 amide bonds. The summed E-state index contributed by atoms with van der Waals surface area (Å²) < 4.78 is 0. The van der Waals surface area contributed by atoms with Crippen LogP contribution >= 0.6 is 0 Å². The molecule has 0 saturated carbocycles. The molecule has 5 rings (SSSR count). The van der Waals surface area contributed by atoms with Crippen LogP contribution in [0.25, 0.3) is 22.0 Å². The molecule has 0 atom stereocenters. The minimum atomic E-state index is 0.0452. The molecule has 1 aliphatic heterocycles. The first-order valence-electron chi connectivity index (χ1n) is 9.62. The third kappa shape index (κ3) is 2.93. The summed E-state index contributed by atoms with van der Waals surface area (Å²) in [7, 11) is 0. The maximum Gasteiger partial charge on any atom is 0.258 e. The van der Waals surface area contributed by atoms with Gasteiger partial charge in [-0.05, 0) is 65.4 Å². The van der Waals surface area contributed by atoms with E-state index in [1.165, 1.54) is 5.39 Å². The average Bonchev–Trinajstić information content (AvgIpc) is 3.11. The number of amides is 1. The van der Waals surface area contributed by atoms with Crippen LogP contribution in [0.2, 0.25) is 0 Å². The van der Waals surface area contributed by atoms with E-state index in [2.05, 4.69) is 34.6 Å². The van der Waals surface area contributed by atoms with Crippen molar-refractivity contribution in [2.24, 2.45) is 0 Å². The largest absolute Gasteiger partial charge is 0.383 e. The zero-order chi connectivity index (χ0) is 18.9. The van der Waals surface area contributed by atoms with Crippen LogP contribution < -0.4 is 10.2 Å². The van der Waals surface area contributed by atoms with Crippen molar-refractivity contribution >= 4 is 28.2 Å². The van der Waals surface area contributed by atoms with E-state index in [1.54, 1.807) is 0 Å². The van der Waals surface area contributed by atoms with Gasteiger partial charge < -0.3 is 15.2 Å². The standard InChI is InChI=1S/C24H21N3O/c28-24(27-15-3-13-25-22-4-1-2-5-23(22)27)18-8-6-17(7-9-18)19-10-11-21-20(16-19)12-14-26-21/h1-2,4-12,14,16,25-26H,3,13,15H2. The zero-order valence-corrected chi connectivity index (χ0v) is 15.5. The van der Waals surface area contributed by atoms with Crippen molar-refractivity contribution < 1.29 is 4.79 Å². The van der Waals surface area contributed by atoms with Crippen molar-refractivity contribution in [3.63, 3.8) is 0 Å². The van der Waals surface area contributed by atoms with Gasteiger partial charge in [0.15, 0.2) is 0 Å². The van der Waals surface area contributed by atoms with Gasteiger partial charge in [-0.15, -0.1) is 0 Å². The number of anilines is 2. The second-order valence-electron chi connectivity index (χ2n) is 7.11. The van der Waals surface area contributed by atoms with Crippen molar-refractivity contribution in [3.8, 4) is 11.1 Å². The number of benzene rings is 3. The smallest absolute Gasteiger partial charge is 0.258 e. The Labute approximate surface area is 163 Å². The summed E-state index contributed by atoms with van der Waals surface area (Å²) >= 11 is 0. The number of aromatic amines is 1. The number of nitrogens with one attached hydrogen (secondary N) is 2. The highest BCUT2D eigenvalue weighted by Gasteiger charge is 2.22. The molecule has 4 heteroatoms. The van der Waals surface area contributed by atoms with Crippen molar-refractivity contribution in [2.45, 2.75) is 6.42 Å². The first kappa shape index (κ1) is 16.6. The molecule has 0 fully saturated rings. The molecule has 0 saturated heterocycles. The number of para-hydroxylation sites is 2. The molecule has 2 heterocycles. The molecule has 1 aliphatic rings. The second-order valence-corrected chi connectivity index (χ2v) is 7.11. The maximum atomic E-state index is 13.2. The fourth-order valence-electron chi connectivity index (χ4n) is 3.84. The normalized spacial score (nSPS) is 13.6. The Morgan fingerprint density at radius 1 is 0.893 bits per heavy atom. The average molecular weight is 367 g/mol. The van der Waals surface area contributed by atoms with Crippen molar-refractivity contribution in [1.82, 2.24) is 4.98 Å². The highest BCUT2D eigenvalue weighted by atomic mass is 16.2. The van der Waals surface area contributed by atoms with E-state index in [-0.39, 0.29) is 5.91 Å². The number of carbonyl (C=O) groups is 1. The Hall–Kier alpha value is -3.53. The molecule has 1 aromatic heterocycles. The molecule has 4 aromatic rings. The maximum absolute atomic E-state index is 13.2. The molecular formula is C24H21N3O. The lowest BCUT2D eigenvalue weighted by Gasteiger charge is -2.22. The summed E-state index contributed by atoms with van der Waals surface area (Å²) in [5, 5.41) is 4.59. The Morgan fingerprint density at radius 2 is 1.71 bits per heavy atom. The first-order chi connectivity index (χ1) is 13.8. The van der Waals surface area contributed by atoms with E-state index in [4.69, 9.17) is 0 Å². The molecule has 0 unspecified atom stereocenters. The van der Waals surface area contributed by atoms with Crippen LogP contribution in [0.1, 0.15) is 16.8 Å². The third-order valence-electron chi connectivity index (χ3n) is 5.33. The zero-order valence-electron chi connectivity index (χ0n) is 15.5. The molecule has 3 aromatic carbocycles. The Kier molecular flexibility index (Phi) is 4.09. The highest BCUT2D eigenvalue weighted by Crippen LogP contribution is 2.30. The Morgan fingerprint density at radius 3 is 2.61 bits per heavy atom. The van der Waals surface area contributed by atoms with Gasteiger partial charge in [-0.3, -0.25) is 4.79 Å². The van der Waals surface area contributed by atoms with Gasteiger partial charge in [-0.1, -0.05) is 30.3 Å². The number of hydrogen-bond donors (Lipinski definition) is 2. The Balaban J connectivity index is 1.44. The SMILES string of the molecule is O=C(c1ccc(-c2ccc3[nH]ccc3c2)cc1)N1CCCNc2ccccc21. The lowest BCUT2D eigenvalue weighted by molar-refractivity contribution is 0.0987. The van der Waals surface area contributed by atoms with Crippen molar-refractivity contribution in [1.29, 1.82) is 0 Å². The summed E-state index contributed by atoms with van der Waals surface area (Å²) in [6.45, 7) is 1.59. The summed E-state index contributed by atoms with van der Waals surface area (Å²) in [5.41, 5.74) is 6.07. The number of nitrogens with zero attached hydrogens (tertiary/aromatic N) is 1. The summed E-state index contributed by atoms with van der Waals surface area (Å²) in [6.07, 6.45) is 2.87. The van der Waals surface area contributed by atoms with Crippen LogP contribution in [0, 0.1) is 0 Å². The van der Waals surface area contributed by atoms with E-state index in [1.807, 2.05) is 59.6 Å². The van der Waals surface area contributed by atoms with Crippen molar-refractivity contribution in [2.75, 3.05) is 23.3 Å². The van der Waals surface area contributed by atoms with E-state index >= 15 is 0 Å². The van der Waals surface area contributed by atoms with Gasteiger partial charge in [0.05, 0.1) is 11.4 Å². The van der Waals surface area contributed by atoms with E-state index in [0.717, 1.165) is 47.5 Å². The number of rotatable bonds is 2. The van der Waals surface area contributed by atoms with Crippen LogP contribution in [-0.4, -0.2) is 24.0 Å². The topological polar surface area (TPSA) is 48.1 Å². The number of hydrogen-bond acceptors (Lipinski definition) is 2. The fourth-order valence-corrected chi connectivity index (χ4v) is 3.84. The number of carbonyl (C=O) groups excluding carboxylic acids is 1. The van der Waals surface area contributed by atoms with Gasteiger partial charge in [-0.25, -0.2) is 0 Å². The van der Waals surface area contributed by atoms with E-state index < -0.39 is 0 Å². The highest BCUT2D eigenvalue weighted by molar-refractivity contribution is 6.08. The quantitative estimate of drug-likeness (QED) is 0.505. The molecule has 0 spiro atoms. The summed E-state index contributed by atoms with van der Waals surface area (Å²) in [6, 6.07) is 24.4. The third-order valence-corrected chi connectivity index (χ3v) is 5.33. The van der Waals surface area contributed by atoms with Gasteiger partial charge in [0.25, 0.3) is 5.91 Å². The van der Waals surface area contributed by atoms with Crippen LogP contribution in [0.3, 0.4) is 0 Å². The molecule has 0 radical (unpaired) electrons. The van der Waals surface area contributed by atoms with E-state index in [9.17, 15) is 4.79 Å². The second kappa shape index (κ2) is 6.89. The molecule has 28 heavy (non-hydrogen) atoms. The summed E-state index contributed by atoms with van der Waals surface area (Å²) in [4.78, 5) is 18.3. The molecule has 2 N–H and O–H groups in total. The number of fused-ring (bicyclic) bond motifs is 2. The van der Waals surface area contributed by atoms with Crippen molar-refractivity contribution in [3.05, 3.63) is 84.6 Å². The predicted molar refractivity (Wildman–Crippen MR) is 115 cm³/mol. The summed E-state index contributed by atoms with van der Waals surface area (Å²) in [5.74, 6) is 0.0452. The van der Waals surface area contributed by atoms with E-state index in [0.29, 0.717) is 5.56 Å². The Bertz CT molecular complexity index is 1140. The molecule has 138 valence electrons. The lowest BCUT2D eigenvalue weighted by Crippen LogP contribution is -2.31. The number of H-pyrrole nitrogens is 1. The van der Waals surface area contributed by atoms with Crippen LogP contribution in [0.4, 0.5) is 11.4 Å². The predicted octanol–water partition coefficient (Wildman–Crippen LogP) is 5.30. The number of aromatic nitrogens is 1. The van der Waals surface area contributed by atoms with Gasteiger partial charge >= 0.3 is 0 Å². The minimum Gasteiger partial charge on any atom is -0.383 e. The monoisotopic (exact) mass is 367 g/mol. The fraction of sp³-hybridized carbons (Fsp3) is 0.125. The molecule has 4 nitrogen and oxygen atoms in total. The van der Waals surface area contributed by atoms with Gasteiger partial charge in [0, 0.05) is 30.4 Å². The van der Waals surface area contributed by atoms with Crippen LogP contribution in [0.5, 0.6) is 0 Å². The molecule has 0 aliphatic carbocycles. The van der Waals surface area contributed by atoms with Gasteiger partial charge in [-0.2, -0.15) is 0 Å². The molecular weight excluding hydrogens is 346 g/mol. The molecule has 0 bridgehead atoms. The van der Waals surface area contributed by atoms with Gasteiger partial charge in [0.2, 0.25) is 0 Å².